The summed E-state index contributed by atoms with van der Waals surface area (Å²) in [6.45, 7) is 3.32. The van der Waals surface area contributed by atoms with Crippen molar-refractivity contribution in [2.24, 2.45) is 0 Å². The first kappa shape index (κ1) is 15.7. The van der Waals surface area contributed by atoms with Gasteiger partial charge in [-0.1, -0.05) is 6.92 Å². The minimum atomic E-state index is -0.215. The summed E-state index contributed by atoms with van der Waals surface area (Å²) in [5.41, 5.74) is 0. The monoisotopic (exact) mass is 240 g/mol. The van der Waals surface area contributed by atoms with E-state index >= 15 is 0 Å². The van der Waals surface area contributed by atoms with E-state index in [1.54, 1.807) is 0 Å². The van der Waals surface area contributed by atoms with Crippen LogP contribution >= 0.6 is 0 Å². The lowest BCUT2D eigenvalue weighted by atomic mass is 10.0. The van der Waals surface area contributed by atoms with Crippen molar-refractivity contribution < 1.29 is 19.2 Å². The predicted octanol–water partition coefficient (Wildman–Crippen LogP) is 2.03. The van der Waals surface area contributed by atoms with Crippen LogP contribution in [-0.4, -0.2) is 23.1 Å². The normalized spacial score (nSPS) is 10.0. The Hall–Kier alpha value is -1.32. The molecule has 0 radical (unpaired) electrons. The van der Waals surface area contributed by atoms with Gasteiger partial charge in [0.1, 0.15) is 23.1 Å². The van der Waals surface area contributed by atoms with E-state index in [-0.39, 0.29) is 55.2 Å². The molecule has 0 fully saturated rings. The molecule has 0 N–H and O–H groups in total. The van der Waals surface area contributed by atoms with Crippen molar-refractivity contribution in [1.29, 1.82) is 0 Å². The second-order valence-electron chi connectivity index (χ2n) is 4.24. The average Bonchev–Trinajstić information content (AvgIpc) is 2.24. The molecular weight excluding hydrogens is 220 g/mol. The summed E-state index contributed by atoms with van der Waals surface area (Å²) < 4.78 is 0. The maximum absolute atomic E-state index is 11.3. The molecule has 0 aromatic heterocycles. The number of carbonyl (C=O) groups excluding carboxylic acids is 4. The van der Waals surface area contributed by atoms with Crippen LogP contribution in [0, 0.1) is 0 Å². The molecule has 0 aromatic rings. The summed E-state index contributed by atoms with van der Waals surface area (Å²) in [4.78, 5) is 44.4. The Morgan fingerprint density at radius 1 is 0.706 bits per heavy atom. The zero-order chi connectivity index (χ0) is 13.3. The molecule has 17 heavy (non-hydrogen) atoms. The Morgan fingerprint density at radius 2 is 1.18 bits per heavy atom. The first-order valence-corrected chi connectivity index (χ1v) is 6.00. The number of rotatable bonds is 10. The number of ketones is 4. The van der Waals surface area contributed by atoms with Gasteiger partial charge in [-0.05, 0) is 13.3 Å². The first-order chi connectivity index (χ1) is 7.95. The third-order valence-electron chi connectivity index (χ3n) is 2.36. The van der Waals surface area contributed by atoms with Gasteiger partial charge in [-0.15, -0.1) is 0 Å². The maximum Gasteiger partial charge on any atom is 0.140 e. The standard InChI is InChI=1S/C13H20O4/c1-3-4-11(15)7-8-13(17)9-12(16)6-5-10(2)14/h3-9H2,1-2H3. The molecule has 0 spiro atoms. The Morgan fingerprint density at radius 3 is 1.65 bits per heavy atom. The number of carbonyl (C=O) groups is 4. The summed E-state index contributed by atoms with van der Waals surface area (Å²) in [6, 6.07) is 0. The lowest BCUT2D eigenvalue weighted by Crippen LogP contribution is -2.10. The van der Waals surface area contributed by atoms with E-state index in [1.807, 2.05) is 6.92 Å². The van der Waals surface area contributed by atoms with Crippen molar-refractivity contribution in [2.75, 3.05) is 0 Å². The molecule has 0 atom stereocenters. The van der Waals surface area contributed by atoms with Gasteiger partial charge in [0.25, 0.3) is 0 Å². The van der Waals surface area contributed by atoms with Gasteiger partial charge < -0.3 is 4.79 Å². The summed E-state index contributed by atoms with van der Waals surface area (Å²) in [7, 11) is 0. The van der Waals surface area contributed by atoms with Crippen molar-refractivity contribution >= 4 is 23.1 Å². The Bertz CT molecular complexity index is 305. The van der Waals surface area contributed by atoms with E-state index in [0.29, 0.717) is 6.42 Å². The SMILES string of the molecule is CCCC(=O)CCC(=O)CC(=O)CCC(C)=O. The van der Waals surface area contributed by atoms with E-state index in [1.165, 1.54) is 6.92 Å². The minimum absolute atomic E-state index is 0.0519. The first-order valence-electron chi connectivity index (χ1n) is 6.00. The second-order valence-corrected chi connectivity index (χ2v) is 4.24. The van der Waals surface area contributed by atoms with Gasteiger partial charge >= 0.3 is 0 Å². The third-order valence-corrected chi connectivity index (χ3v) is 2.36. The molecule has 0 aliphatic rings. The molecule has 0 heterocycles. The van der Waals surface area contributed by atoms with Crippen LogP contribution in [0.5, 0.6) is 0 Å². The van der Waals surface area contributed by atoms with E-state index in [9.17, 15) is 19.2 Å². The zero-order valence-corrected chi connectivity index (χ0v) is 10.6. The molecule has 4 heteroatoms. The average molecular weight is 240 g/mol. The van der Waals surface area contributed by atoms with E-state index < -0.39 is 0 Å². The van der Waals surface area contributed by atoms with Crippen LogP contribution in [0.3, 0.4) is 0 Å². The van der Waals surface area contributed by atoms with Crippen LogP contribution in [-0.2, 0) is 19.2 Å². The molecule has 0 saturated heterocycles. The molecule has 0 aliphatic carbocycles. The number of Topliss-reactive ketones (excluding diaryl/α,β-unsaturated/α-hetero) is 4. The molecule has 0 rings (SSSR count). The molecule has 0 aliphatic heterocycles. The maximum atomic E-state index is 11.3. The highest BCUT2D eigenvalue weighted by Crippen LogP contribution is 2.04. The Labute approximate surface area is 102 Å². The lowest BCUT2D eigenvalue weighted by molar-refractivity contribution is -0.130. The van der Waals surface area contributed by atoms with Crippen molar-refractivity contribution in [2.45, 2.75) is 58.8 Å². The molecular formula is C13H20O4. The fourth-order valence-electron chi connectivity index (χ4n) is 1.39. The summed E-state index contributed by atoms with van der Waals surface area (Å²) in [6.07, 6.45) is 1.82. The second kappa shape index (κ2) is 8.79. The van der Waals surface area contributed by atoms with Gasteiger partial charge in [0.2, 0.25) is 0 Å². The third kappa shape index (κ3) is 9.60. The van der Waals surface area contributed by atoms with E-state index in [2.05, 4.69) is 0 Å². The molecule has 0 saturated carbocycles. The van der Waals surface area contributed by atoms with Crippen LogP contribution in [0.2, 0.25) is 0 Å². The van der Waals surface area contributed by atoms with Gasteiger partial charge in [0, 0.05) is 32.1 Å². The predicted molar refractivity (Wildman–Crippen MR) is 63.7 cm³/mol. The van der Waals surface area contributed by atoms with Gasteiger partial charge in [-0.25, -0.2) is 0 Å². The summed E-state index contributed by atoms with van der Waals surface area (Å²) >= 11 is 0. The van der Waals surface area contributed by atoms with Crippen LogP contribution in [0.4, 0.5) is 0 Å². The Kier molecular flexibility index (Phi) is 8.11. The molecule has 0 bridgehead atoms. The molecule has 4 nitrogen and oxygen atoms in total. The van der Waals surface area contributed by atoms with Crippen LogP contribution in [0.25, 0.3) is 0 Å². The van der Waals surface area contributed by atoms with Crippen LogP contribution in [0.15, 0.2) is 0 Å². The highest BCUT2D eigenvalue weighted by atomic mass is 16.2. The van der Waals surface area contributed by atoms with Crippen LogP contribution < -0.4 is 0 Å². The molecule has 0 unspecified atom stereocenters. The Balaban J connectivity index is 3.74. The van der Waals surface area contributed by atoms with Crippen molar-refractivity contribution in [3.05, 3.63) is 0 Å². The summed E-state index contributed by atoms with van der Waals surface area (Å²) in [5, 5.41) is 0. The van der Waals surface area contributed by atoms with Gasteiger partial charge in [-0.3, -0.25) is 14.4 Å². The van der Waals surface area contributed by atoms with Crippen LogP contribution in [0.1, 0.15) is 58.8 Å². The molecule has 0 aromatic carbocycles. The van der Waals surface area contributed by atoms with E-state index in [0.717, 1.165) is 6.42 Å². The van der Waals surface area contributed by atoms with E-state index in [4.69, 9.17) is 0 Å². The highest BCUT2D eigenvalue weighted by Gasteiger charge is 2.11. The largest absolute Gasteiger partial charge is 0.300 e. The lowest BCUT2D eigenvalue weighted by Gasteiger charge is -2.00. The number of hydrogen-bond donors (Lipinski definition) is 0. The fraction of sp³-hybridized carbons (Fsp3) is 0.692. The van der Waals surface area contributed by atoms with Gasteiger partial charge in [-0.2, -0.15) is 0 Å². The highest BCUT2D eigenvalue weighted by molar-refractivity contribution is 6.01. The number of hydrogen-bond acceptors (Lipinski definition) is 4. The molecule has 96 valence electrons. The van der Waals surface area contributed by atoms with Gasteiger partial charge in [0.15, 0.2) is 0 Å². The fourth-order valence-corrected chi connectivity index (χ4v) is 1.39. The van der Waals surface area contributed by atoms with Gasteiger partial charge in [0.05, 0.1) is 6.42 Å². The molecule has 0 amide bonds. The van der Waals surface area contributed by atoms with Crippen molar-refractivity contribution in [1.82, 2.24) is 0 Å². The van der Waals surface area contributed by atoms with Crippen molar-refractivity contribution in [3.63, 3.8) is 0 Å². The smallest absolute Gasteiger partial charge is 0.140 e. The van der Waals surface area contributed by atoms with Crippen molar-refractivity contribution in [3.8, 4) is 0 Å². The summed E-state index contributed by atoms with van der Waals surface area (Å²) in [5.74, 6) is -0.405. The topological polar surface area (TPSA) is 68.3 Å². The minimum Gasteiger partial charge on any atom is -0.300 e. The quantitative estimate of drug-likeness (QED) is 0.548. The zero-order valence-electron chi connectivity index (χ0n) is 10.6.